The van der Waals surface area contributed by atoms with Crippen LogP contribution in [0.1, 0.15) is 414 Å². The number of phosphoric ester groups is 2. The summed E-state index contributed by atoms with van der Waals surface area (Å²) in [4.78, 5) is 73.0. The average molecular weight is 1450 g/mol. The first kappa shape index (κ1) is 97.1. The second-order valence-corrected chi connectivity index (χ2v) is 32.9. The Hall–Kier alpha value is -1.94. The molecule has 19 heteroatoms. The molecule has 0 aliphatic carbocycles. The third kappa shape index (κ3) is 72.8. The second kappa shape index (κ2) is 70.4. The number of carbonyl (C=O) groups is 4. The van der Waals surface area contributed by atoms with E-state index in [1.54, 1.807) is 0 Å². The fraction of sp³-hybridized carbons (Fsp3) is 0.950. The molecule has 0 fully saturated rings. The van der Waals surface area contributed by atoms with Gasteiger partial charge < -0.3 is 33.8 Å². The SMILES string of the molecule is CCCCCCCCCCCCCCCCCCC(=O)OC[C@H](COP(=O)(O)OC[C@@H](O)COP(=O)(O)OC[C@@H](COC(=O)CCCCCCCCC(C)CC)OC(=O)CCCCCCCCCCCCCC(C)C)OC(=O)CCCCCCCCCCCCCCCCCCC(C)C. The summed E-state index contributed by atoms with van der Waals surface area (Å²) in [5.74, 6) is 0.193. The third-order valence-corrected chi connectivity index (χ3v) is 20.9. The molecule has 3 N–H and O–H groups in total. The quantitative estimate of drug-likeness (QED) is 0.0222. The first-order valence-corrected chi connectivity index (χ1v) is 44.4. The summed E-state index contributed by atoms with van der Waals surface area (Å²) in [5.41, 5.74) is 0. The first-order valence-electron chi connectivity index (χ1n) is 41.4. The highest BCUT2D eigenvalue weighted by Crippen LogP contribution is 2.45. The molecule has 0 spiro atoms. The van der Waals surface area contributed by atoms with Crippen LogP contribution < -0.4 is 0 Å². The van der Waals surface area contributed by atoms with E-state index in [1.807, 2.05) is 0 Å². The van der Waals surface area contributed by atoms with Crippen molar-refractivity contribution in [3.8, 4) is 0 Å². The summed E-state index contributed by atoms with van der Waals surface area (Å²) >= 11 is 0. The summed E-state index contributed by atoms with van der Waals surface area (Å²) in [6, 6.07) is 0. The molecular weight excluding hydrogens is 1290 g/mol. The van der Waals surface area contributed by atoms with Crippen LogP contribution >= 0.6 is 15.6 Å². The van der Waals surface area contributed by atoms with Gasteiger partial charge in [-0.1, -0.05) is 363 Å². The summed E-state index contributed by atoms with van der Waals surface area (Å²) in [5, 5.41) is 10.6. The highest BCUT2D eigenvalue weighted by atomic mass is 31.2. The van der Waals surface area contributed by atoms with Gasteiger partial charge in [0, 0.05) is 25.7 Å². The number of phosphoric acid groups is 2. The van der Waals surface area contributed by atoms with Crippen LogP contribution in [0.25, 0.3) is 0 Å². The van der Waals surface area contributed by atoms with Crippen molar-refractivity contribution in [3.63, 3.8) is 0 Å². The molecule has 0 aromatic heterocycles. The molecule has 3 unspecified atom stereocenters. The van der Waals surface area contributed by atoms with E-state index in [1.165, 1.54) is 218 Å². The van der Waals surface area contributed by atoms with Crippen molar-refractivity contribution in [2.75, 3.05) is 39.6 Å². The van der Waals surface area contributed by atoms with E-state index in [0.717, 1.165) is 114 Å². The number of carbonyl (C=O) groups excluding carboxylic acids is 4. The number of hydrogen-bond acceptors (Lipinski definition) is 15. The van der Waals surface area contributed by atoms with E-state index in [9.17, 15) is 43.2 Å². The maximum Gasteiger partial charge on any atom is 0.472 e. The molecule has 0 saturated heterocycles. The number of unbranched alkanes of at least 4 members (excludes halogenated alkanes) is 45. The molecule has 6 atom stereocenters. The molecule has 0 bridgehead atoms. The van der Waals surface area contributed by atoms with E-state index < -0.39 is 97.5 Å². The summed E-state index contributed by atoms with van der Waals surface area (Å²) in [6.45, 7) is 11.9. The topological polar surface area (TPSA) is 237 Å². The third-order valence-electron chi connectivity index (χ3n) is 19.0. The minimum Gasteiger partial charge on any atom is -0.462 e. The Morgan fingerprint density at radius 3 is 0.768 bits per heavy atom. The van der Waals surface area contributed by atoms with Crippen LogP contribution in [0.2, 0.25) is 0 Å². The lowest BCUT2D eigenvalue weighted by molar-refractivity contribution is -0.161. The average Bonchev–Trinajstić information content (AvgIpc) is 1.12. The summed E-state index contributed by atoms with van der Waals surface area (Å²) in [6.07, 6.45) is 58.3. The molecule has 0 aliphatic rings. The predicted octanol–water partition coefficient (Wildman–Crippen LogP) is 23.7. The van der Waals surface area contributed by atoms with Gasteiger partial charge in [-0.3, -0.25) is 37.3 Å². The predicted molar refractivity (Wildman–Crippen MR) is 405 cm³/mol. The lowest BCUT2D eigenvalue weighted by Gasteiger charge is -2.21. The monoisotopic (exact) mass is 1450 g/mol. The fourth-order valence-electron chi connectivity index (χ4n) is 12.3. The van der Waals surface area contributed by atoms with E-state index >= 15 is 0 Å². The minimum atomic E-state index is -4.96. The highest BCUT2D eigenvalue weighted by molar-refractivity contribution is 7.47. The Balaban J connectivity index is 5.25. The van der Waals surface area contributed by atoms with Gasteiger partial charge in [0.25, 0.3) is 0 Å². The van der Waals surface area contributed by atoms with Crippen molar-refractivity contribution in [2.45, 2.75) is 433 Å². The zero-order valence-electron chi connectivity index (χ0n) is 65.0. The summed E-state index contributed by atoms with van der Waals surface area (Å²) in [7, 11) is -9.92. The van der Waals surface area contributed by atoms with Crippen LogP contribution in [0, 0.1) is 17.8 Å². The van der Waals surface area contributed by atoms with E-state index in [2.05, 4.69) is 48.5 Å². The molecule has 0 aromatic rings. The molecule has 0 aromatic carbocycles. The largest absolute Gasteiger partial charge is 0.472 e. The van der Waals surface area contributed by atoms with Crippen LogP contribution in [0.3, 0.4) is 0 Å². The number of ether oxygens (including phenoxy) is 4. The molecule has 0 rings (SSSR count). The molecule has 0 radical (unpaired) electrons. The maximum absolute atomic E-state index is 13.1. The Bertz CT molecular complexity index is 1920. The van der Waals surface area contributed by atoms with Crippen molar-refractivity contribution >= 4 is 39.5 Å². The molecule has 0 aliphatic heterocycles. The highest BCUT2D eigenvalue weighted by Gasteiger charge is 2.30. The molecule has 0 saturated carbocycles. The smallest absolute Gasteiger partial charge is 0.462 e. The molecule has 0 heterocycles. The van der Waals surface area contributed by atoms with Gasteiger partial charge in [0.05, 0.1) is 26.4 Å². The van der Waals surface area contributed by atoms with Crippen molar-refractivity contribution in [2.24, 2.45) is 17.8 Å². The first-order chi connectivity index (χ1) is 47.8. The summed E-state index contributed by atoms with van der Waals surface area (Å²) < 4.78 is 68.7. The number of aliphatic hydroxyl groups excluding tert-OH is 1. The van der Waals surface area contributed by atoms with Crippen LogP contribution in [0.5, 0.6) is 0 Å². The Morgan fingerprint density at radius 1 is 0.293 bits per heavy atom. The van der Waals surface area contributed by atoms with E-state index in [0.29, 0.717) is 25.7 Å². The second-order valence-electron chi connectivity index (χ2n) is 30.0. The normalized spacial score (nSPS) is 14.3. The Labute approximate surface area is 607 Å². The van der Waals surface area contributed by atoms with Crippen LogP contribution in [-0.2, 0) is 65.4 Å². The van der Waals surface area contributed by atoms with Gasteiger partial charge in [0.1, 0.15) is 19.3 Å². The Kier molecular flexibility index (Phi) is 69.0. The standard InChI is InChI=1S/C80H156O17P2/c1-8-10-11-12-13-14-15-16-17-21-24-29-34-39-47-54-61-77(82)90-67-75(96-79(84)63-56-49-40-35-30-25-22-19-18-20-23-27-32-37-44-51-58-71(3)4)69-94-98(86,87)92-65-74(81)66-93-99(88,89)95-70-76(68-91-78(83)62-55-48-43-42-46-53-60-73(7)9-2)97-80(85)64-57-50-41-36-31-26-28-33-38-45-52-59-72(5)6/h71-76,81H,8-70H2,1-7H3,(H,86,87)(H,88,89)/t73?,74-,75-,76-/m1/s1. The zero-order valence-corrected chi connectivity index (χ0v) is 66.8. The van der Waals surface area contributed by atoms with Crippen molar-refractivity contribution in [3.05, 3.63) is 0 Å². The van der Waals surface area contributed by atoms with Gasteiger partial charge >= 0.3 is 39.5 Å². The zero-order chi connectivity index (χ0) is 73.0. The molecule has 99 heavy (non-hydrogen) atoms. The number of hydrogen-bond donors (Lipinski definition) is 3. The van der Waals surface area contributed by atoms with E-state index in [4.69, 9.17) is 37.0 Å². The van der Waals surface area contributed by atoms with Gasteiger partial charge in [-0.2, -0.15) is 0 Å². The van der Waals surface area contributed by atoms with Crippen LogP contribution in [-0.4, -0.2) is 96.7 Å². The Morgan fingerprint density at radius 2 is 0.515 bits per heavy atom. The van der Waals surface area contributed by atoms with Crippen LogP contribution in [0.4, 0.5) is 0 Å². The fourth-order valence-corrected chi connectivity index (χ4v) is 13.9. The van der Waals surface area contributed by atoms with Gasteiger partial charge in [-0.15, -0.1) is 0 Å². The van der Waals surface area contributed by atoms with Crippen molar-refractivity contribution < 1.29 is 80.2 Å². The molecular formula is C80H156O17P2. The lowest BCUT2D eigenvalue weighted by atomic mass is 10.00. The van der Waals surface area contributed by atoms with E-state index in [-0.39, 0.29) is 25.7 Å². The molecule has 17 nitrogen and oxygen atoms in total. The van der Waals surface area contributed by atoms with Gasteiger partial charge in [-0.25, -0.2) is 9.13 Å². The van der Waals surface area contributed by atoms with Gasteiger partial charge in [0.2, 0.25) is 0 Å². The number of aliphatic hydroxyl groups is 1. The van der Waals surface area contributed by atoms with Crippen molar-refractivity contribution in [1.29, 1.82) is 0 Å². The van der Waals surface area contributed by atoms with Gasteiger partial charge in [-0.05, 0) is 43.4 Å². The van der Waals surface area contributed by atoms with Crippen molar-refractivity contribution in [1.82, 2.24) is 0 Å². The van der Waals surface area contributed by atoms with Crippen LogP contribution in [0.15, 0.2) is 0 Å². The lowest BCUT2D eigenvalue weighted by Crippen LogP contribution is -2.30. The number of esters is 4. The molecule has 588 valence electrons. The maximum atomic E-state index is 13.1. The minimum absolute atomic E-state index is 0.106. The molecule has 0 amide bonds. The van der Waals surface area contributed by atoms with Gasteiger partial charge in [0.15, 0.2) is 12.2 Å². The number of rotatable bonds is 78.